The van der Waals surface area contributed by atoms with Crippen molar-refractivity contribution in [3.8, 4) is 0 Å². The van der Waals surface area contributed by atoms with Gasteiger partial charge in [0.15, 0.2) is 0 Å². The highest BCUT2D eigenvalue weighted by Crippen LogP contribution is 2.27. The molecule has 19 heavy (non-hydrogen) atoms. The number of anilines is 1. The predicted octanol–water partition coefficient (Wildman–Crippen LogP) is 0.458. The Balaban J connectivity index is 2.43. The van der Waals surface area contributed by atoms with Gasteiger partial charge in [-0.05, 0) is 6.07 Å². The van der Waals surface area contributed by atoms with Crippen LogP contribution in [0.3, 0.4) is 0 Å². The summed E-state index contributed by atoms with van der Waals surface area (Å²) in [7, 11) is 3.39. The Morgan fingerprint density at radius 1 is 1.37 bits per heavy atom. The van der Waals surface area contributed by atoms with Crippen LogP contribution in [0.5, 0.6) is 0 Å². The Kier molecular flexibility index (Phi) is 2.34. The van der Waals surface area contributed by atoms with Crippen molar-refractivity contribution in [1.29, 1.82) is 0 Å². The minimum Gasteiger partial charge on any atom is -0.383 e. The number of amides is 1. The van der Waals surface area contributed by atoms with Crippen LogP contribution in [0.2, 0.25) is 0 Å². The Morgan fingerprint density at radius 2 is 2.16 bits per heavy atom. The van der Waals surface area contributed by atoms with Crippen LogP contribution in [0, 0.1) is 0 Å². The lowest BCUT2D eigenvalue weighted by atomic mass is 10.1. The van der Waals surface area contributed by atoms with Crippen molar-refractivity contribution in [2.45, 2.75) is 0 Å². The number of nitrogen functional groups attached to an aromatic ring is 1. The molecule has 0 saturated heterocycles. The first-order valence-electron chi connectivity index (χ1n) is 5.71. The summed E-state index contributed by atoms with van der Waals surface area (Å²) >= 11 is 0. The monoisotopic (exact) mass is 256 g/mol. The molecule has 0 aliphatic carbocycles. The smallest absolute Gasteiger partial charge is 0.269 e. The number of carbonyl (C=O) groups is 1. The number of carbonyl (C=O) groups excluding carboxylic acids is 1. The largest absolute Gasteiger partial charge is 0.383 e. The van der Waals surface area contributed by atoms with E-state index in [-0.39, 0.29) is 5.91 Å². The fourth-order valence-corrected chi connectivity index (χ4v) is 2.11. The molecule has 3 N–H and O–H groups in total. The number of rotatable bonds is 1. The summed E-state index contributed by atoms with van der Waals surface area (Å²) in [6.07, 6.45) is 3.21. The molecule has 0 aliphatic heterocycles. The van der Waals surface area contributed by atoms with E-state index in [1.54, 1.807) is 30.2 Å². The van der Waals surface area contributed by atoms with E-state index in [0.717, 1.165) is 16.3 Å². The van der Waals surface area contributed by atoms with Gasteiger partial charge in [0.1, 0.15) is 11.5 Å². The van der Waals surface area contributed by atoms with Crippen LogP contribution in [0.25, 0.3) is 21.8 Å². The van der Waals surface area contributed by atoms with Gasteiger partial charge < -0.3 is 11.1 Å². The van der Waals surface area contributed by atoms with Gasteiger partial charge in [-0.15, -0.1) is 0 Å². The van der Waals surface area contributed by atoms with E-state index in [4.69, 9.17) is 5.73 Å². The molecular formula is C12H12N6O. The normalized spacial score (nSPS) is 11.1. The zero-order valence-electron chi connectivity index (χ0n) is 10.5. The fourth-order valence-electron chi connectivity index (χ4n) is 2.11. The molecule has 0 radical (unpaired) electrons. The number of aryl methyl sites for hydroxylation is 1. The highest BCUT2D eigenvalue weighted by Gasteiger charge is 2.13. The third-order valence-corrected chi connectivity index (χ3v) is 3.05. The van der Waals surface area contributed by atoms with E-state index in [1.165, 1.54) is 0 Å². The standard InChI is InChI=1S/C12H12N6O/c1-14-12(19)8-3-6-9(5-15-8)17-11(13)7-4-16-18(2)10(6)7/h3-5H,1-2H3,(H2,13,17)(H,14,19). The number of fused-ring (bicyclic) bond motifs is 3. The first-order chi connectivity index (χ1) is 9.11. The number of nitrogens with one attached hydrogen (secondary N) is 1. The Hall–Kier alpha value is -2.70. The van der Waals surface area contributed by atoms with Crippen molar-refractivity contribution in [2.75, 3.05) is 12.8 Å². The minimum absolute atomic E-state index is 0.242. The van der Waals surface area contributed by atoms with Crippen LogP contribution in [0.1, 0.15) is 10.5 Å². The van der Waals surface area contributed by atoms with Crippen molar-refractivity contribution in [3.05, 3.63) is 24.2 Å². The lowest BCUT2D eigenvalue weighted by Crippen LogP contribution is -2.19. The van der Waals surface area contributed by atoms with Crippen molar-refractivity contribution < 1.29 is 4.79 Å². The predicted molar refractivity (Wildman–Crippen MR) is 71.6 cm³/mol. The third-order valence-electron chi connectivity index (χ3n) is 3.05. The van der Waals surface area contributed by atoms with Crippen molar-refractivity contribution in [2.24, 2.45) is 7.05 Å². The Morgan fingerprint density at radius 3 is 2.89 bits per heavy atom. The van der Waals surface area contributed by atoms with Crippen LogP contribution < -0.4 is 11.1 Å². The second kappa shape index (κ2) is 3.91. The van der Waals surface area contributed by atoms with Crippen LogP contribution in [-0.4, -0.2) is 32.7 Å². The van der Waals surface area contributed by atoms with Gasteiger partial charge in [-0.25, -0.2) is 9.97 Å². The molecule has 0 aliphatic rings. The fraction of sp³-hybridized carbons (Fsp3) is 0.167. The zero-order valence-corrected chi connectivity index (χ0v) is 10.5. The van der Waals surface area contributed by atoms with Gasteiger partial charge in [-0.1, -0.05) is 0 Å². The molecule has 0 unspecified atom stereocenters. The first kappa shape index (κ1) is 11.4. The van der Waals surface area contributed by atoms with Gasteiger partial charge in [0.05, 0.1) is 28.8 Å². The quantitative estimate of drug-likeness (QED) is 0.659. The van der Waals surface area contributed by atoms with Gasteiger partial charge in [-0.3, -0.25) is 9.48 Å². The van der Waals surface area contributed by atoms with Crippen LogP contribution in [-0.2, 0) is 7.05 Å². The summed E-state index contributed by atoms with van der Waals surface area (Å²) in [6, 6.07) is 1.70. The first-order valence-corrected chi connectivity index (χ1v) is 5.71. The van der Waals surface area contributed by atoms with E-state index in [1.807, 2.05) is 7.05 Å². The topological polar surface area (TPSA) is 98.7 Å². The van der Waals surface area contributed by atoms with Crippen molar-refractivity contribution >= 4 is 33.5 Å². The molecule has 0 fully saturated rings. The van der Waals surface area contributed by atoms with Crippen LogP contribution in [0.15, 0.2) is 18.5 Å². The summed E-state index contributed by atoms with van der Waals surface area (Å²) < 4.78 is 1.71. The Bertz CT molecular complexity index is 807. The second-order valence-electron chi connectivity index (χ2n) is 4.19. The Labute approximate surface area is 108 Å². The SMILES string of the molecule is CNC(=O)c1cc2c(cn1)nc(N)c1cnn(C)c12. The molecule has 0 atom stereocenters. The van der Waals surface area contributed by atoms with Crippen molar-refractivity contribution in [1.82, 2.24) is 25.1 Å². The summed E-state index contributed by atoms with van der Waals surface area (Å²) in [4.78, 5) is 20.0. The molecule has 7 nitrogen and oxygen atoms in total. The maximum atomic E-state index is 11.6. The maximum absolute atomic E-state index is 11.6. The molecule has 3 aromatic rings. The molecule has 3 aromatic heterocycles. The number of nitrogens with zero attached hydrogens (tertiary/aromatic N) is 4. The molecule has 1 amide bonds. The molecule has 0 bridgehead atoms. The molecule has 96 valence electrons. The third kappa shape index (κ3) is 1.59. The minimum atomic E-state index is -0.242. The average molecular weight is 256 g/mol. The van der Waals surface area contributed by atoms with Gasteiger partial charge in [0.25, 0.3) is 5.91 Å². The van der Waals surface area contributed by atoms with Gasteiger partial charge in [0.2, 0.25) is 0 Å². The van der Waals surface area contributed by atoms with Gasteiger partial charge in [-0.2, -0.15) is 5.10 Å². The number of hydrogen-bond donors (Lipinski definition) is 2. The van der Waals surface area contributed by atoms with E-state index < -0.39 is 0 Å². The molecule has 3 rings (SSSR count). The second-order valence-corrected chi connectivity index (χ2v) is 4.19. The summed E-state index contributed by atoms with van der Waals surface area (Å²) in [6.45, 7) is 0. The van der Waals surface area contributed by atoms with Gasteiger partial charge in [0, 0.05) is 19.5 Å². The summed E-state index contributed by atoms with van der Waals surface area (Å²) in [5.41, 5.74) is 7.71. The van der Waals surface area contributed by atoms with E-state index in [2.05, 4.69) is 20.4 Å². The van der Waals surface area contributed by atoms with Crippen molar-refractivity contribution in [3.63, 3.8) is 0 Å². The van der Waals surface area contributed by atoms with E-state index in [0.29, 0.717) is 17.0 Å². The molecular weight excluding hydrogens is 244 g/mol. The highest BCUT2D eigenvalue weighted by molar-refractivity contribution is 6.09. The summed E-state index contributed by atoms with van der Waals surface area (Å²) in [5, 5.41) is 8.29. The number of nitrogens with two attached hydrogens (primary N) is 1. The number of pyridine rings is 2. The number of aromatic nitrogens is 4. The van der Waals surface area contributed by atoms with Crippen LogP contribution in [0.4, 0.5) is 5.82 Å². The van der Waals surface area contributed by atoms with Gasteiger partial charge >= 0.3 is 0 Å². The lowest BCUT2D eigenvalue weighted by Gasteiger charge is -2.05. The van der Waals surface area contributed by atoms with E-state index in [9.17, 15) is 4.79 Å². The zero-order chi connectivity index (χ0) is 13.6. The van der Waals surface area contributed by atoms with E-state index >= 15 is 0 Å². The molecule has 3 heterocycles. The molecule has 7 heteroatoms. The highest BCUT2D eigenvalue weighted by atomic mass is 16.1. The molecule has 0 saturated carbocycles. The number of hydrogen-bond acceptors (Lipinski definition) is 5. The maximum Gasteiger partial charge on any atom is 0.269 e. The van der Waals surface area contributed by atoms with Crippen LogP contribution >= 0.6 is 0 Å². The average Bonchev–Trinajstić information content (AvgIpc) is 2.81. The molecule has 0 aromatic carbocycles. The lowest BCUT2D eigenvalue weighted by molar-refractivity contribution is 0.0958. The summed E-state index contributed by atoms with van der Waals surface area (Å²) in [5.74, 6) is 0.166. The molecule has 0 spiro atoms.